The highest BCUT2D eigenvalue weighted by atomic mass is 35.5. The van der Waals surface area contributed by atoms with E-state index in [1.165, 1.54) is 6.08 Å². The molecule has 1 unspecified atom stereocenters. The number of halogens is 1. The average Bonchev–Trinajstić information content (AvgIpc) is 1.85. The predicted octanol–water partition coefficient (Wildman–Crippen LogP) is 1.55. The smallest absolute Gasteiger partial charge is 0.172 e. The molecule has 0 aliphatic heterocycles. The first kappa shape index (κ1) is 13.3. The van der Waals surface area contributed by atoms with E-state index in [4.69, 9.17) is 11.6 Å². The molecule has 0 fully saturated rings. The van der Waals surface area contributed by atoms with Gasteiger partial charge in [0.05, 0.1) is 5.38 Å². The molecular formula is C8H16ClNO. The number of hydrogen-bond acceptors (Lipinski definition) is 2. The lowest BCUT2D eigenvalue weighted by atomic mass is 10.3. The Bertz CT molecular complexity index is 119. The minimum atomic E-state index is -0.419. The minimum Gasteiger partial charge on any atom is -0.312 e. The third-order valence-electron chi connectivity index (χ3n) is 0.593. The molecule has 3 heteroatoms. The molecule has 0 spiro atoms. The summed E-state index contributed by atoms with van der Waals surface area (Å²) in [4.78, 5) is 12.3. The summed E-state index contributed by atoms with van der Waals surface area (Å²) in [5.41, 5.74) is 0. The lowest BCUT2D eigenvalue weighted by molar-refractivity contribution is -0.114. The largest absolute Gasteiger partial charge is 0.312 e. The number of carbonyl (C=O) groups excluding carboxylic acids is 1. The highest BCUT2D eigenvalue weighted by Gasteiger charge is 2.01. The lowest BCUT2D eigenvalue weighted by Crippen LogP contribution is -2.04. The van der Waals surface area contributed by atoms with Crippen LogP contribution in [0.3, 0.4) is 0 Å². The van der Waals surface area contributed by atoms with Crippen molar-refractivity contribution >= 4 is 17.4 Å². The molecule has 0 saturated carbocycles. The van der Waals surface area contributed by atoms with Crippen molar-refractivity contribution in [1.82, 2.24) is 4.90 Å². The van der Waals surface area contributed by atoms with Crippen molar-refractivity contribution < 1.29 is 4.79 Å². The molecular weight excluding hydrogens is 162 g/mol. The molecule has 0 aliphatic carbocycles. The predicted molar refractivity (Wildman–Crippen MR) is 50.1 cm³/mol. The fourth-order valence-electron chi connectivity index (χ4n) is 0.162. The summed E-state index contributed by atoms with van der Waals surface area (Å²) >= 11 is 5.31. The summed E-state index contributed by atoms with van der Waals surface area (Å²) in [6, 6.07) is 0. The van der Waals surface area contributed by atoms with E-state index in [1.807, 2.05) is 26.0 Å². The van der Waals surface area contributed by atoms with E-state index in [0.717, 1.165) is 0 Å². The van der Waals surface area contributed by atoms with Gasteiger partial charge in [-0.1, -0.05) is 6.58 Å². The molecule has 0 N–H and O–H groups in total. The Balaban J connectivity index is 0. The van der Waals surface area contributed by atoms with Crippen molar-refractivity contribution in [3.63, 3.8) is 0 Å². The quantitative estimate of drug-likeness (QED) is 0.471. The van der Waals surface area contributed by atoms with Crippen LogP contribution in [0.1, 0.15) is 6.92 Å². The molecule has 1 atom stereocenters. The van der Waals surface area contributed by atoms with Crippen molar-refractivity contribution in [2.24, 2.45) is 0 Å². The number of rotatable bonds is 2. The average molecular weight is 178 g/mol. The molecule has 0 rings (SSSR count). The first-order valence-corrected chi connectivity index (χ1v) is 3.76. The third-order valence-corrected chi connectivity index (χ3v) is 0.808. The van der Waals surface area contributed by atoms with Gasteiger partial charge in [0.2, 0.25) is 0 Å². The number of nitrogens with zero attached hydrogens (tertiary/aromatic N) is 1. The van der Waals surface area contributed by atoms with Gasteiger partial charge in [0, 0.05) is 0 Å². The molecule has 0 aliphatic rings. The summed E-state index contributed by atoms with van der Waals surface area (Å²) in [7, 11) is 6.00. The molecule has 11 heavy (non-hydrogen) atoms. The molecule has 0 aromatic carbocycles. The van der Waals surface area contributed by atoms with Gasteiger partial charge in [0.1, 0.15) is 0 Å². The monoisotopic (exact) mass is 177 g/mol. The van der Waals surface area contributed by atoms with Gasteiger partial charge in [-0.15, -0.1) is 11.6 Å². The Morgan fingerprint density at radius 2 is 1.82 bits per heavy atom. The van der Waals surface area contributed by atoms with Crippen molar-refractivity contribution in [2.45, 2.75) is 12.3 Å². The van der Waals surface area contributed by atoms with Crippen molar-refractivity contribution in [3.8, 4) is 0 Å². The number of carbonyl (C=O) groups is 1. The Morgan fingerprint density at radius 3 is 1.82 bits per heavy atom. The Kier molecular flexibility index (Phi) is 9.36. The molecule has 0 heterocycles. The standard InChI is InChI=1S/C5H7ClO.C3H9N/c1-3-5(7)4(2)6;1-4(2)3/h3-4H,1H2,2H3;1-3H3. The van der Waals surface area contributed by atoms with Crippen LogP contribution >= 0.6 is 11.6 Å². The van der Waals surface area contributed by atoms with E-state index < -0.39 is 5.38 Å². The molecule has 0 amide bonds. The molecule has 2 nitrogen and oxygen atoms in total. The zero-order chi connectivity index (χ0) is 9.44. The summed E-state index contributed by atoms with van der Waals surface area (Å²) in [5.74, 6) is -0.123. The van der Waals surface area contributed by atoms with Crippen LogP contribution in [-0.2, 0) is 4.79 Å². The van der Waals surface area contributed by atoms with E-state index in [2.05, 4.69) is 6.58 Å². The minimum absolute atomic E-state index is 0.123. The van der Waals surface area contributed by atoms with Gasteiger partial charge >= 0.3 is 0 Å². The van der Waals surface area contributed by atoms with E-state index in [-0.39, 0.29) is 5.78 Å². The maximum Gasteiger partial charge on any atom is 0.172 e. The fraction of sp³-hybridized carbons (Fsp3) is 0.625. The van der Waals surface area contributed by atoms with Crippen LogP contribution in [0.2, 0.25) is 0 Å². The second kappa shape index (κ2) is 7.76. The molecule has 0 saturated heterocycles. The second-order valence-electron chi connectivity index (χ2n) is 2.56. The molecule has 0 bridgehead atoms. The first-order chi connectivity index (χ1) is 4.91. The number of hydrogen-bond donors (Lipinski definition) is 0. The molecule has 66 valence electrons. The Labute approximate surface area is 73.8 Å². The summed E-state index contributed by atoms with van der Waals surface area (Å²) in [5, 5.41) is -0.419. The zero-order valence-corrected chi connectivity index (χ0v) is 8.35. The van der Waals surface area contributed by atoms with E-state index >= 15 is 0 Å². The summed E-state index contributed by atoms with van der Waals surface area (Å²) in [6.07, 6.45) is 1.22. The van der Waals surface area contributed by atoms with Gasteiger partial charge in [-0.3, -0.25) is 4.79 Å². The molecule has 0 radical (unpaired) electrons. The van der Waals surface area contributed by atoms with Gasteiger partial charge in [0.15, 0.2) is 5.78 Å². The van der Waals surface area contributed by atoms with E-state index in [0.29, 0.717) is 0 Å². The van der Waals surface area contributed by atoms with Gasteiger partial charge < -0.3 is 4.90 Å². The number of alkyl halides is 1. The van der Waals surface area contributed by atoms with Crippen LogP contribution < -0.4 is 0 Å². The van der Waals surface area contributed by atoms with Crippen molar-refractivity contribution in [2.75, 3.05) is 21.1 Å². The topological polar surface area (TPSA) is 20.3 Å². The fourth-order valence-corrected chi connectivity index (χ4v) is 0.251. The number of allylic oxidation sites excluding steroid dienone is 1. The van der Waals surface area contributed by atoms with Crippen molar-refractivity contribution in [3.05, 3.63) is 12.7 Å². The maximum absolute atomic E-state index is 10.3. The molecule has 0 aromatic rings. The van der Waals surface area contributed by atoms with E-state index in [9.17, 15) is 4.79 Å². The van der Waals surface area contributed by atoms with Crippen molar-refractivity contribution in [1.29, 1.82) is 0 Å². The lowest BCUT2D eigenvalue weighted by Gasteiger charge is -1.90. The van der Waals surface area contributed by atoms with Gasteiger partial charge in [-0.2, -0.15) is 0 Å². The van der Waals surface area contributed by atoms with Gasteiger partial charge in [-0.25, -0.2) is 0 Å². The van der Waals surface area contributed by atoms with Crippen LogP contribution in [0, 0.1) is 0 Å². The normalized spacial score (nSPS) is 11.5. The van der Waals surface area contributed by atoms with Gasteiger partial charge in [-0.05, 0) is 34.1 Å². The molecule has 0 aromatic heterocycles. The SMILES string of the molecule is C=CC(=O)C(C)Cl.CN(C)C. The maximum atomic E-state index is 10.3. The van der Waals surface area contributed by atoms with Crippen LogP contribution in [0.5, 0.6) is 0 Å². The number of ketones is 1. The van der Waals surface area contributed by atoms with Crippen LogP contribution in [0.15, 0.2) is 12.7 Å². The highest BCUT2D eigenvalue weighted by Crippen LogP contribution is 1.93. The van der Waals surface area contributed by atoms with Crippen LogP contribution in [0.25, 0.3) is 0 Å². The Morgan fingerprint density at radius 1 is 1.55 bits per heavy atom. The van der Waals surface area contributed by atoms with Crippen LogP contribution in [0.4, 0.5) is 0 Å². The Hall–Kier alpha value is -0.340. The third kappa shape index (κ3) is 17.7. The van der Waals surface area contributed by atoms with Gasteiger partial charge in [0.25, 0.3) is 0 Å². The van der Waals surface area contributed by atoms with Crippen LogP contribution in [-0.4, -0.2) is 37.2 Å². The summed E-state index contributed by atoms with van der Waals surface area (Å²) in [6.45, 7) is 4.86. The highest BCUT2D eigenvalue weighted by molar-refractivity contribution is 6.32. The summed E-state index contributed by atoms with van der Waals surface area (Å²) < 4.78 is 0. The first-order valence-electron chi connectivity index (χ1n) is 3.33. The second-order valence-corrected chi connectivity index (χ2v) is 3.22. The zero-order valence-electron chi connectivity index (χ0n) is 7.60. The van der Waals surface area contributed by atoms with E-state index in [1.54, 1.807) is 6.92 Å².